The first-order chi connectivity index (χ1) is 10.9. The van der Waals surface area contributed by atoms with Gasteiger partial charge in [0.2, 0.25) is 0 Å². The fourth-order valence-corrected chi connectivity index (χ4v) is 2.66. The van der Waals surface area contributed by atoms with Crippen LogP contribution in [0.2, 0.25) is 10.0 Å². The van der Waals surface area contributed by atoms with Gasteiger partial charge in [-0.2, -0.15) is 0 Å². The van der Waals surface area contributed by atoms with Crippen molar-refractivity contribution in [1.29, 1.82) is 0 Å². The number of rotatable bonds is 5. The van der Waals surface area contributed by atoms with Crippen molar-refractivity contribution in [3.8, 4) is 0 Å². The normalized spacial score (nSPS) is 12.3. The fourth-order valence-electron chi connectivity index (χ4n) is 2.28. The lowest BCUT2D eigenvalue weighted by atomic mass is 10.1. The molecule has 0 aliphatic heterocycles. The Morgan fingerprint density at radius 3 is 2.57 bits per heavy atom. The number of nitrogens with zero attached hydrogens (tertiary/aromatic N) is 1. The van der Waals surface area contributed by atoms with Crippen molar-refractivity contribution in [2.75, 3.05) is 20.6 Å². The van der Waals surface area contributed by atoms with E-state index in [1.807, 2.05) is 25.1 Å². The second-order valence-corrected chi connectivity index (χ2v) is 6.13. The zero-order valence-corrected chi connectivity index (χ0v) is 14.3. The lowest BCUT2D eigenvalue weighted by Gasteiger charge is -2.25. The zero-order valence-electron chi connectivity index (χ0n) is 12.8. The third-order valence-corrected chi connectivity index (χ3v) is 4.33. The molecule has 1 atom stereocenters. The minimum atomic E-state index is -0.319. The molecule has 0 saturated carbocycles. The van der Waals surface area contributed by atoms with Crippen molar-refractivity contribution in [1.82, 2.24) is 10.2 Å². The van der Waals surface area contributed by atoms with E-state index in [-0.39, 0.29) is 22.8 Å². The number of carbonyl (C=O) groups excluding carboxylic acids is 1. The van der Waals surface area contributed by atoms with Gasteiger partial charge in [0.15, 0.2) is 0 Å². The minimum absolute atomic E-state index is 0.160. The lowest BCUT2D eigenvalue weighted by molar-refractivity contribution is 0.0942. The van der Waals surface area contributed by atoms with Gasteiger partial charge >= 0.3 is 0 Å². The second-order valence-electron chi connectivity index (χ2n) is 5.35. The predicted molar refractivity (Wildman–Crippen MR) is 91.6 cm³/mol. The van der Waals surface area contributed by atoms with Gasteiger partial charge in [-0.1, -0.05) is 41.4 Å². The maximum Gasteiger partial charge on any atom is 0.252 e. The molecule has 2 aromatic rings. The smallest absolute Gasteiger partial charge is 0.252 e. The van der Waals surface area contributed by atoms with Gasteiger partial charge in [-0.05, 0) is 43.9 Å². The molecule has 0 fully saturated rings. The number of hydrogen-bond donors (Lipinski definition) is 1. The summed E-state index contributed by atoms with van der Waals surface area (Å²) in [7, 11) is 3.74. The van der Waals surface area contributed by atoms with Crippen molar-refractivity contribution in [2.24, 2.45) is 0 Å². The SMILES string of the molecule is CN(C)[C@H](CNC(=O)c1cccc(Cl)c1Cl)c1cccc(F)c1. The van der Waals surface area contributed by atoms with Gasteiger partial charge in [0, 0.05) is 6.54 Å². The Morgan fingerprint density at radius 1 is 1.22 bits per heavy atom. The van der Waals surface area contributed by atoms with Crippen LogP contribution in [0.3, 0.4) is 0 Å². The van der Waals surface area contributed by atoms with Crippen molar-refractivity contribution < 1.29 is 9.18 Å². The Hall–Kier alpha value is -1.62. The maximum absolute atomic E-state index is 13.4. The largest absolute Gasteiger partial charge is 0.350 e. The van der Waals surface area contributed by atoms with Gasteiger partial charge < -0.3 is 10.2 Å². The summed E-state index contributed by atoms with van der Waals surface area (Å²) in [4.78, 5) is 14.2. The van der Waals surface area contributed by atoms with Crippen LogP contribution in [0, 0.1) is 5.82 Å². The van der Waals surface area contributed by atoms with E-state index in [4.69, 9.17) is 23.2 Å². The quantitative estimate of drug-likeness (QED) is 0.873. The maximum atomic E-state index is 13.4. The number of carbonyl (C=O) groups is 1. The molecule has 0 aliphatic rings. The van der Waals surface area contributed by atoms with Crippen LogP contribution in [0.25, 0.3) is 0 Å². The summed E-state index contributed by atoms with van der Waals surface area (Å²) in [5.74, 6) is -0.626. The highest BCUT2D eigenvalue weighted by atomic mass is 35.5. The monoisotopic (exact) mass is 354 g/mol. The predicted octanol–water partition coefficient (Wildman–Crippen LogP) is 4.17. The molecule has 2 aromatic carbocycles. The Kier molecular flexibility index (Phi) is 5.99. The van der Waals surface area contributed by atoms with Crippen LogP contribution in [0.1, 0.15) is 22.0 Å². The average molecular weight is 355 g/mol. The summed E-state index contributed by atoms with van der Waals surface area (Å²) in [6, 6.07) is 11.1. The van der Waals surface area contributed by atoms with Crippen molar-refractivity contribution in [2.45, 2.75) is 6.04 Å². The topological polar surface area (TPSA) is 32.3 Å². The second kappa shape index (κ2) is 7.77. The van der Waals surface area contributed by atoms with E-state index in [9.17, 15) is 9.18 Å². The van der Waals surface area contributed by atoms with E-state index in [0.717, 1.165) is 5.56 Å². The molecular weight excluding hydrogens is 338 g/mol. The summed E-state index contributed by atoms with van der Waals surface area (Å²) < 4.78 is 13.4. The van der Waals surface area contributed by atoms with E-state index in [0.29, 0.717) is 17.1 Å². The van der Waals surface area contributed by atoms with Crippen LogP contribution in [-0.4, -0.2) is 31.4 Å². The molecule has 0 spiro atoms. The molecule has 6 heteroatoms. The number of hydrogen-bond acceptors (Lipinski definition) is 2. The summed E-state index contributed by atoms with van der Waals surface area (Å²) >= 11 is 12.0. The molecule has 23 heavy (non-hydrogen) atoms. The van der Waals surface area contributed by atoms with Gasteiger partial charge in [-0.3, -0.25) is 4.79 Å². The summed E-state index contributed by atoms with van der Waals surface area (Å²) in [5, 5.41) is 3.37. The van der Waals surface area contributed by atoms with Crippen LogP contribution in [0.15, 0.2) is 42.5 Å². The number of likely N-dealkylation sites (N-methyl/N-ethyl adjacent to an activating group) is 1. The Morgan fingerprint density at radius 2 is 1.91 bits per heavy atom. The Labute approximate surface area is 145 Å². The molecule has 0 unspecified atom stereocenters. The molecular formula is C17H17Cl2FN2O. The molecule has 3 nitrogen and oxygen atoms in total. The van der Waals surface area contributed by atoms with Crippen molar-refractivity contribution in [3.63, 3.8) is 0 Å². The molecule has 0 saturated heterocycles. The van der Waals surface area contributed by atoms with Crippen LogP contribution < -0.4 is 5.32 Å². The van der Waals surface area contributed by atoms with Crippen LogP contribution in [0.5, 0.6) is 0 Å². The molecule has 1 N–H and O–H groups in total. The Balaban J connectivity index is 2.13. The van der Waals surface area contributed by atoms with E-state index in [1.165, 1.54) is 12.1 Å². The Bertz CT molecular complexity index is 707. The number of nitrogens with one attached hydrogen (secondary N) is 1. The van der Waals surface area contributed by atoms with Gasteiger partial charge in [0.1, 0.15) is 5.82 Å². The number of halogens is 3. The number of amides is 1. The first-order valence-corrected chi connectivity index (χ1v) is 7.80. The zero-order chi connectivity index (χ0) is 17.0. The molecule has 0 radical (unpaired) electrons. The highest BCUT2D eigenvalue weighted by Gasteiger charge is 2.18. The van der Waals surface area contributed by atoms with Gasteiger partial charge in [-0.25, -0.2) is 4.39 Å². The third-order valence-electron chi connectivity index (χ3n) is 3.51. The molecule has 122 valence electrons. The third kappa shape index (κ3) is 4.44. The van der Waals surface area contributed by atoms with Crippen LogP contribution in [-0.2, 0) is 0 Å². The molecule has 0 aliphatic carbocycles. The van der Waals surface area contributed by atoms with Crippen molar-refractivity contribution in [3.05, 3.63) is 69.5 Å². The van der Waals surface area contributed by atoms with Crippen LogP contribution in [0.4, 0.5) is 4.39 Å². The standard InChI is InChI=1S/C17H17Cl2FN2O/c1-22(2)15(11-5-3-6-12(20)9-11)10-21-17(23)13-7-4-8-14(18)16(13)19/h3-9,15H,10H2,1-2H3,(H,21,23)/t15-/m1/s1. The lowest BCUT2D eigenvalue weighted by Crippen LogP contribution is -2.34. The fraction of sp³-hybridized carbons (Fsp3) is 0.235. The highest BCUT2D eigenvalue weighted by molar-refractivity contribution is 6.43. The van der Waals surface area contributed by atoms with Gasteiger partial charge in [0.25, 0.3) is 5.91 Å². The van der Waals surface area contributed by atoms with Crippen molar-refractivity contribution >= 4 is 29.1 Å². The summed E-state index contributed by atoms with van der Waals surface area (Å²) in [5.41, 5.74) is 1.10. The molecule has 0 aromatic heterocycles. The summed E-state index contributed by atoms with van der Waals surface area (Å²) in [6.07, 6.45) is 0. The molecule has 1 amide bonds. The van der Waals surface area contributed by atoms with Gasteiger partial charge in [0.05, 0.1) is 21.7 Å². The average Bonchev–Trinajstić information content (AvgIpc) is 2.49. The first-order valence-electron chi connectivity index (χ1n) is 7.04. The van der Waals surface area contributed by atoms with E-state index in [1.54, 1.807) is 24.3 Å². The summed E-state index contributed by atoms with van der Waals surface area (Å²) in [6.45, 7) is 0.318. The number of benzene rings is 2. The van der Waals surface area contributed by atoms with Crippen LogP contribution >= 0.6 is 23.2 Å². The first kappa shape index (κ1) is 17.7. The van der Waals surface area contributed by atoms with E-state index < -0.39 is 0 Å². The molecule has 0 heterocycles. The molecule has 2 rings (SSSR count). The molecule has 0 bridgehead atoms. The van der Waals surface area contributed by atoms with E-state index >= 15 is 0 Å². The minimum Gasteiger partial charge on any atom is -0.350 e. The van der Waals surface area contributed by atoms with E-state index in [2.05, 4.69) is 5.32 Å². The highest BCUT2D eigenvalue weighted by Crippen LogP contribution is 2.25. The van der Waals surface area contributed by atoms with Gasteiger partial charge in [-0.15, -0.1) is 0 Å².